The first-order valence-electron chi connectivity index (χ1n) is 6.67. The van der Waals surface area contributed by atoms with E-state index in [0.717, 1.165) is 0 Å². The lowest BCUT2D eigenvalue weighted by atomic mass is 9.85. The topological polar surface area (TPSA) is 57.0 Å². The molecule has 0 saturated carbocycles. The number of aromatic nitrogens is 3. The molecule has 0 aliphatic heterocycles. The summed E-state index contributed by atoms with van der Waals surface area (Å²) in [5.74, 6) is 0.629. The smallest absolute Gasteiger partial charge is 0.180 e. The van der Waals surface area contributed by atoms with Gasteiger partial charge in [0.1, 0.15) is 18.4 Å². The molecule has 0 amide bonds. The van der Waals surface area contributed by atoms with E-state index in [0.29, 0.717) is 17.3 Å². The average molecular weight is 308 g/mol. The van der Waals surface area contributed by atoms with E-state index in [9.17, 15) is 4.79 Å². The lowest BCUT2D eigenvalue weighted by Crippen LogP contribution is -2.39. The van der Waals surface area contributed by atoms with Gasteiger partial charge in [-0.05, 0) is 31.2 Å². The van der Waals surface area contributed by atoms with Crippen molar-refractivity contribution in [3.63, 3.8) is 0 Å². The number of rotatable bonds is 6. The Bertz CT molecular complexity index is 594. The van der Waals surface area contributed by atoms with Crippen LogP contribution in [-0.2, 0) is 11.3 Å². The van der Waals surface area contributed by atoms with Gasteiger partial charge in [-0.2, -0.15) is 5.10 Å². The second kappa shape index (κ2) is 6.26. The molecule has 0 spiro atoms. The second-order valence-electron chi connectivity index (χ2n) is 5.56. The summed E-state index contributed by atoms with van der Waals surface area (Å²) in [4.78, 5) is 16.4. The molecule has 1 unspecified atom stereocenters. The van der Waals surface area contributed by atoms with Gasteiger partial charge in [0.25, 0.3) is 0 Å². The fourth-order valence-corrected chi connectivity index (χ4v) is 2.24. The molecule has 0 aliphatic carbocycles. The van der Waals surface area contributed by atoms with Crippen LogP contribution in [0.25, 0.3) is 0 Å². The maximum atomic E-state index is 12.5. The summed E-state index contributed by atoms with van der Waals surface area (Å²) in [7, 11) is 0. The zero-order valence-electron chi connectivity index (χ0n) is 12.3. The van der Waals surface area contributed by atoms with Crippen molar-refractivity contribution < 1.29 is 9.53 Å². The Kier molecular flexibility index (Phi) is 4.63. The molecule has 0 N–H and O–H groups in total. The molecular weight excluding hydrogens is 290 g/mol. The fraction of sp³-hybridized carbons (Fsp3) is 0.400. The number of ketones is 1. The molecule has 1 aromatic carbocycles. The number of hydrogen-bond donors (Lipinski definition) is 0. The molecule has 0 radical (unpaired) electrons. The lowest BCUT2D eigenvalue weighted by molar-refractivity contribution is -0.134. The highest BCUT2D eigenvalue weighted by Gasteiger charge is 2.33. The van der Waals surface area contributed by atoms with Crippen molar-refractivity contribution in [1.82, 2.24) is 14.8 Å². The van der Waals surface area contributed by atoms with Crippen LogP contribution in [0.5, 0.6) is 5.75 Å². The second-order valence-corrected chi connectivity index (χ2v) is 5.99. The van der Waals surface area contributed by atoms with Gasteiger partial charge in [-0.15, -0.1) is 0 Å². The summed E-state index contributed by atoms with van der Waals surface area (Å²) in [6.07, 6.45) is 2.50. The predicted octanol–water partition coefficient (Wildman–Crippen LogP) is 2.99. The summed E-state index contributed by atoms with van der Waals surface area (Å²) in [5, 5.41) is 4.67. The molecule has 5 nitrogen and oxygen atoms in total. The third-order valence-corrected chi connectivity index (χ3v) is 3.44. The first-order valence-corrected chi connectivity index (χ1v) is 7.05. The average Bonchev–Trinajstić information content (AvgIpc) is 2.92. The van der Waals surface area contributed by atoms with Gasteiger partial charge in [0, 0.05) is 10.4 Å². The molecule has 112 valence electrons. The Morgan fingerprint density at radius 1 is 1.38 bits per heavy atom. The summed E-state index contributed by atoms with van der Waals surface area (Å²) < 4.78 is 7.33. The molecule has 0 bridgehead atoms. The van der Waals surface area contributed by atoms with Crippen LogP contribution < -0.4 is 4.74 Å². The molecule has 21 heavy (non-hydrogen) atoms. The van der Waals surface area contributed by atoms with Crippen LogP contribution in [0.3, 0.4) is 0 Å². The zero-order valence-corrected chi connectivity index (χ0v) is 13.0. The fourth-order valence-electron chi connectivity index (χ4n) is 2.12. The van der Waals surface area contributed by atoms with Crippen molar-refractivity contribution in [2.45, 2.75) is 33.4 Å². The number of hydrogen-bond acceptors (Lipinski definition) is 4. The quantitative estimate of drug-likeness (QED) is 0.823. The third kappa shape index (κ3) is 4.04. The third-order valence-electron chi connectivity index (χ3n) is 3.19. The molecule has 1 aromatic heterocycles. The van der Waals surface area contributed by atoms with Crippen LogP contribution in [0.15, 0.2) is 36.9 Å². The van der Waals surface area contributed by atoms with E-state index in [1.54, 1.807) is 42.2 Å². The minimum absolute atomic E-state index is 0.00736. The zero-order chi connectivity index (χ0) is 15.5. The Hall–Kier alpha value is -1.88. The number of nitrogens with zero attached hydrogens (tertiary/aromatic N) is 3. The van der Waals surface area contributed by atoms with E-state index >= 15 is 0 Å². The van der Waals surface area contributed by atoms with Gasteiger partial charge in [0.05, 0.1) is 6.54 Å². The number of ether oxygens (including phenoxy) is 1. The summed E-state index contributed by atoms with van der Waals surface area (Å²) in [6.45, 7) is 5.96. The van der Waals surface area contributed by atoms with Crippen molar-refractivity contribution in [2.24, 2.45) is 5.41 Å². The van der Waals surface area contributed by atoms with Crippen LogP contribution in [0.1, 0.15) is 20.8 Å². The number of carbonyl (C=O) groups is 1. The highest BCUT2D eigenvalue weighted by molar-refractivity contribution is 6.30. The van der Waals surface area contributed by atoms with Gasteiger partial charge in [-0.1, -0.05) is 25.4 Å². The molecule has 6 heteroatoms. The van der Waals surface area contributed by atoms with Gasteiger partial charge >= 0.3 is 0 Å². The van der Waals surface area contributed by atoms with Crippen molar-refractivity contribution in [3.05, 3.63) is 41.9 Å². The Labute approximate surface area is 128 Å². The number of halogens is 1. The van der Waals surface area contributed by atoms with Gasteiger partial charge in [0.2, 0.25) is 0 Å². The van der Waals surface area contributed by atoms with Crippen molar-refractivity contribution in [2.75, 3.05) is 0 Å². The maximum Gasteiger partial charge on any atom is 0.180 e. The van der Waals surface area contributed by atoms with E-state index in [2.05, 4.69) is 10.1 Å². The Balaban J connectivity index is 2.02. The molecule has 0 aliphatic rings. The highest BCUT2D eigenvalue weighted by Crippen LogP contribution is 2.24. The minimum Gasteiger partial charge on any atom is -0.483 e. The van der Waals surface area contributed by atoms with Gasteiger partial charge in [-0.25, -0.2) is 4.98 Å². The van der Waals surface area contributed by atoms with Crippen LogP contribution in [0.2, 0.25) is 5.02 Å². The monoisotopic (exact) mass is 307 g/mol. The maximum absolute atomic E-state index is 12.5. The molecule has 2 rings (SSSR count). The molecule has 1 atom stereocenters. The summed E-state index contributed by atoms with van der Waals surface area (Å²) in [6, 6.07) is 6.95. The van der Waals surface area contributed by atoms with E-state index in [1.807, 2.05) is 13.8 Å². The van der Waals surface area contributed by atoms with E-state index < -0.39 is 11.5 Å². The molecular formula is C15H18ClN3O2. The van der Waals surface area contributed by atoms with Crippen molar-refractivity contribution in [1.29, 1.82) is 0 Å². The Morgan fingerprint density at radius 3 is 2.62 bits per heavy atom. The SMILES string of the molecule is CC(Oc1ccc(Cl)cc1)C(=O)C(C)(C)Cn1cncn1. The molecule has 1 heterocycles. The standard InChI is InChI=1S/C15H18ClN3O2/c1-11(21-13-6-4-12(16)5-7-13)14(20)15(2,3)8-19-10-17-9-18-19/h4-7,9-11H,8H2,1-3H3. The number of Topliss-reactive ketones (excluding diaryl/α,β-unsaturated/α-hetero) is 1. The van der Waals surface area contributed by atoms with E-state index in [-0.39, 0.29) is 5.78 Å². The molecule has 0 saturated heterocycles. The lowest BCUT2D eigenvalue weighted by Gasteiger charge is -2.26. The van der Waals surface area contributed by atoms with Crippen LogP contribution >= 0.6 is 11.6 Å². The van der Waals surface area contributed by atoms with Crippen molar-refractivity contribution >= 4 is 17.4 Å². The normalized spacial score (nSPS) is 13.0. The van der Waals surface area contributed by atoms with Gasteiger partial charge in [0.15, 0.2) is 11.9 Å². The van der Waals surface area contributed by atoms with Gasteiger partial charge in [-0.3, -0.25) is 9.48 Å². The van der Waals surface area contributed by atoms with Crippen LogP contribution in [-0.4, -0.2) is 26.7 Å². The van der Waals surface area contributed by atoms with Crippen molar-refractivity contribution in [3.8, 4) is 5.75 Å². The summed E-state index contributed by atoms with van der Waals surface area (Å²) >= 11 is 5.82. The van der Waals surface area contributed by atoms with Gasteiger partial charge < -0.3 is 4.74 Å². The number of benzene rings is 1. The largest absolute Gasteiger partial charge is 0.483 e. The predicted molar refractivity (Wildman–Crippen MR) is 80.4 cm³/mol. The minimum atomic E-state index is -0.598. The van der Waals surface area contributed by atoms with E-state index in [4.69, 9.17) is 16.3 Å². The van der Waals surface area contributed by atoms with Crippen LogP contribution in [0, 0.1) is 5.41 Å². The first kappa shape index (κ1) is 15.5. The Morgan fingerprint density at radius 2 is 2.05 bits per heavy atom. The van der Waals surface area contributed by atoms with E-state index in [1.165, 1.54) is 6.33 Å². The summed E-state index contributed by atoms with van der Waals surface area (Å²) in [5.41, 5.74) is -0.598. The number of carbonyl (C=O) groups excluding carboxylic acids is 1. The molecule has 0 fully saturated rings. The highest BCUT2D eigenvalue weighted by atomic mass is 35.5. The van der Waals surface area contributed by atoms with Crippen LogP contribution in [0.4, 0.5) is 0 Å². The molecule has 2 aromatic rings. The first-order chi connectivity index (χ1) is 9.88.